The third-order valence-electron chi connectivity index (χ3n) is 3.91. The van der Waals surface area contributed by atoms with Gasteiger partial charge in [-0.3, -0.25) is 10.1 Å². The van der Waals surface area contributed by atoms with Gasteiger partial charge in [-0.15, -0.1) is 0 Å². The average molecular weight is 293 g/mol. The van der Waals surface area contributed by atoms with Crippen molar-refractivity contribution in [1.82, 2.24) is 9.88 Å². The highest BCUT2D eigenvalue weighted by Crippen LogP contribution is 2.24. The van der Waals surface area contributed by atoms with E-state index in [0.29, 0.717) is 24.2 Å². The van der Waals surface area contributed by atoms with E-state index >= 15 is 0 Å². The number of likely N-dealkylation sites (tertiary alicyclic amines) is 1. The third-order valence-corrected chi connectivity index (χ3v) is 3.91. The zero-order chi connectivity index (χ0) is 15.4. The second-order valence-corrected chi connectivity index (χ2v) is 5.51. The quantitative estimate of drug-likeness (QED) is 0.638. The van der Waals surface area contributed by atoms with Crippen LogP contribution in [-0.4, -0.2) is 54.6 Å². The zero-order valence-corrected chi connectivity index (χ0v) is 12.9. The van der Waals surface area contributed by atoms with Crippen LogP contribution in [0.2, 0.25) is 0 Å². The number of aromatic nitrogens is 1. The Hall–Kier alpha value is -1.89. The predicted molar refractivity (Wildman–Crippen MR) is 84.0 cm³/mol. The molecule has 0 aliphatic carbocycles. The Bertz CT molecular complexity index is 508. The van der Waals surface area contributed by atoms with Crippen molar-refractivity contribution < 1.29 is 4.92 Å². The summed E-state index contributed by atoms with van der Waals surface area (Å²) in [4.78, 5) is 19.5. The topological polar surface area (TPSA) is 74.5 Å². The monoisotopic (exact) mass is 293 g/mol. The normalized spacial score (nSPS) is 18.7. The van der Waals surface area contributed by atoms with Gasteiger partial charge in [0, 0.05) is 26.2 Å². The largest absolute Gasteiger partial charge is 0.370 e. The number of hydrogen-bond donors (Lipinski definition) is 1. The van der Waals surface area contributed by atoms with E-state index in [-0.39, 0.29) is 10.6 Å². The Morgan fingerprint density at radius 3 is 2.90 bits per heavy atom. The molecule has 2 rings (SSSR count). The third kappa shape index (κ3) is 3.81. The van der Waals surface area contributed by atoms with E-state index in [0.717, 1.165) is 19.5 Å². The van der Waals surface area contributed by atoms with Crippen LogP contribution in [0.25, 0.3) is 0 Å². The summed E-state index contributed by atoms with van der Waals surface area (Å²) < 4.78 is 0. The summed E-state index contributed by atoms with van der Waals surface area (Å²) in [6, 6.07) is 3.50. The van der Waals surface area contributed by atoms with Gasteiger partial charge in [0.15, 0.2) is 0 Å². The molecule has 0 amide bonds. The molecule has 116 valence electrons. The molecule has 7 nitrogen and oxygen atoms in total. The van der Waals surface area contributed by atoms with Gasteiger partial charge in [-0.2, -0.15) is 0 Å². The Labute approximate surface area is 125 Å². The van der Waals surface area contributed by atoms with Crippen LogP contribution < -0.4 is 10.2 Å². The van der Waals surface area contributed by atoms with Crippen LogP contribution in [0.3, 0.4) is 0 Å². The number of likely N-dealkylation sites (N-methyl/N-ethyl adjacent to an activating group) is 2. The smallest absolute Gasteiger partial charge is 0.276 e. The lowest BCUT2D eigenvalue weighted by atomic mass is 10.2. The van der Waals surface area contributed by atoms with Crippen molar-refractivity contribution >= 4 is 17.3 Å². The summed E-state index contributed by atoms with van der Waals surface area (Å²) in [5.74, 6) is 1.19. The first kappa shape index (κ1) is 15.5. The summed E-state index contributed by atoms with van der Waals surface area (Å²) in [5.41, 5.74) is 0.0718. The number of nitro groups is 1. The van der Waals surface area contributed by atoms with Crippen LogP contribution in [0.5, 0.6) is 0 Å². The van der Waals surface area contributed by atoms with Gasteiger partial charge >= 0.3 is 0 Å². The maximum atomic E-state index is 11.1. The van der Waals surface area contributed by atoms with Crippen LogP contribution in [0.4, 0.5) is 17.3 Å². The highest BCUT2D eigenvalue weighted by atomic mass is 16.6. The molecule has 1 fully saturated rings. The van der Waals surface area contributed by atoms with E-state index in [4.69, 9.17) is 0 Å². The Balaban J connectivity index is 2.18. The minimum atomic E-state index is -0.373. The lowest BCUT2D eigenvalue weighted by Crippen LogP contribution is -2.37. The number of hydrogen-bond acceptors (Lipinski definition) is 6. The van der Waals surface area contributed by atoms with Gasteiger partial charge in [0.2, 0.25) is 0 Å². The summed E-state index contributed by atoms with van der Waals surface area (Å²) in [5, 5.41) is 14.1. The second kappa shape index (κ2) is 6.71. The molecule has 1 N–H and O–H groups in total. The van der Waals surface area contributed by atoms with E-state index in [9.17, 15) is 10.1 Å². The van der Waals surface area contributed by atoms with Crippen LogP contribution in [0, 0.1) is 10.1 Å². The molecule has 0 bridgehead atoms. The number of anilines is 2. The van der Waals surface area contributed by atoms with Crippen molar-refractivity contribution in [1.29, 1.82) is 0 Å². The molecule has 7 heteroatoms. The molecule has 1 aromatic rings. The minimum Gasteiger partial charge on any atom is -0.370 e. The fraction of sp³-hybridized carbons (Fsp3) is 0.643. The maximum absolute atomic E-state index is 11.1. The molecule has 1 aromatic heterocycles. The molecule has 0 aromatic carbocycles. The summed E-state index contributed by atoms with van der Waals surface area (Å²) >= 11 is 0. The van der Waals surface area contributed by atoms with Crippen LogP contribution >= 0.6 is 0 Å². The van der Waals surface area contributed by atoms with Crippen molar-refractivity contribution in [2.24, 2.45) is 0 Å². The van der Waals surface area contributed by atoms with Gasteiger partial charge in [-0.25, -0.2) is 4.98 Å². The average Bonchev–Trinajstić information content (AvgIpc) is 2.84. The van der Waals surface area contributed by atoms with Gasteiger partial charge in [0.25, 0.3) is 5.69 Å². The molecule has 2 heterocycles. The van der Waals surface area contributed by atoms with Gasteiger partial charge in [0.1, 0.15) is 11.6 Å². The van der Waals surface area contributed by atoms with E-state index in [2.05, 4.69) is 22.2 Å². The minimum absolute atomic E-state index is 0.0718. The number of pyridine rings is 1. The van der Waals surface area contributed by atoms with E-state index in [1.165, 1.54) is 18.6 Å². The molecular weight excluding hydrogens is 270 g/mol. The molecule has 0 spiro atoms. The standard InChI is InChI=1S/C14H23N5O2/c1-4-15-13-8-12(19(20)21)9-14(16-13)18(3)10-11-6-5-7-17(11)2/h8-9,11H,4-7,10H2,1-3H3,(H,15,16). The lowest BCUT2D eigenvalue weighted by molar-refractivity contribution is -0.384. The SMILES string of the molecule is CCNc1cc([N+](=O)[O-])cc(N(C)CC2CCCN2C)n1. The van der Waals surface area contributed by atoms with E-state index in [1.807, 2.05) is 18.9 Å². The van der Waals surface area contributed by atoms with Crippen molar-refractivity contribution in [3.63, 3.8) is 0 Å². The molecule has 1 aliphatic rings. The molecule has 0 radical (unpaired) electrons. The molecular formula is C14H23N5O2. The van der Waals surface area contributed by atoms with Crippen LogP contribution in [0.15, 0.2) is 12.1 Å². The second-order valence-electron chi connectivity index (χ2n) is 5.51. The lowest BCUT2D eigenvalue weighted by Gasteiger charge is -2.26. The van der Waals surface area contributed by atoms with Crippen LogP contribution in [-0.2, 0) is 0 Å². The van der Waals surface area contributed by atoms with Gasteiger partial charge < -0.3 is 15.1 Å². The molecule has 1 atom stereocenters. The molecule has 0 saturated carbocycles. The molecule has 1 aliphatic heterocycles. The van der Waals surface area contributed by atoms with E-state index < -0.39 is 0 Å². The Morgan fingerprint density at radius 1 is 1.57 bits per heavy atom. The summed E-state index contributed by atoms with van der Waals surface area (Å²) in [6.07, 6.45) is 2.37. The predicted octanol–water partition coefficient (Wildman–Crippen LogP) is 1.95. The first-order valence-electron chi connectivity index (χ1n) is 7.33. The number of rotatable bonds is 6. The maximum Gasteiger partial charge on any atom is 0.276 e. The fourth-order valence-electron chi connectivity index (χ4n) is 2.69. The van der Waals surface area contributed by atoms with E-state index in [1.54, 1.807) is 0 Å². The van der Waals surface area contributed by atoms with Crippen molar-refractivity contribution in [2.45, 2.75) is 25.8 Å². The first-order valence-corrected chi connectivity index (χ1v) is 7.33. The van der Waals surface area contributed by atoms with Crippen molar-refractivity contribution in [3.8, 4) is 0 Å². The molecule has 21 heavy (non-hydrogen) atoms. The van der Waals surface area contributed by atoms with Gasteiger partial charge in [-0.1, -0.05) is 0 Å². The van der Waals surface area contributed by atoms with Gasteiger partial charge in [-0.05, 0) is 33.4 Å². The summed E-state index contributed by atoms with van der Waals surface area (Å²) in [6.45, 7) is 4.57. The Morgan fingerprint density at radius 2 is 2.33 bits per heavy atom. The van der Waals surface area contributed by atoms with Crippen molar-refractivity contribution in [2.75, 3.05) is 43.9 Å². The van der Waals surface area contributed by atoms with Crippen LogP contribution in [0.1, 0.15) is 19.8 Å². The van der Waals surface area contributed by atoms with Gasteiger partial charge in [0.05, 0.1) is 17.1 Å². The highest BCUT2D eigenvalue weighted by Gasteiger charge is 2.23. The van der Waals surface area contributed by atoms with Crippen molar-refractivity contribution in [3.05, 3.63) is 22.2 Å². The molecule has 1 unspecified atom stereocenters. The zero-order valence-electron chi connectivity index (χ0n) is 12.9. The highest BCUT2D eigenvalue weighted by molar-refractivity contribution is 5.55. The fourth-order valence-corrected chi connectivity index (χ4v) is 2.69. The number of nitrogens with one attached hydrogen (secondary N) is 1. The molecule has 1 saturated heterocycles. The Kier molecular flexibility index (Phi) is 4.95. The number of nitrogens with zero attached hydrogens (tertiary/aromatic N) is 4. The first-order chi connectivity index (χ1) is 10.0. The summed E-state index contributed by atoms with van der Waals surface area (Å²) in [7, 11) is 4.06.